The van der Waals surface area contributed by atoms with E-state index in [0.717, 1.165) is 45.0 Å². The van der Waals surface area contributed by atoms with Crippen LogP contribution in [0.2, 0.25) is 0 Å². The zero-order chi connectivity index (χ0) is 37.2. The first-order valence-electron chi connectivity index (χ1n) is 17.1. The molecule has 0 saturated carbocycles. The summed E-state index contributed by atoms with van der Waals surface area (Å²) in [5, 5.41) is 29.8. The Bertz CT molecular complexity index is 2030. The lowest BCUT2D eigenvalue weighted by Crippen LogP contribution is -2.34. The van der Waals surface area contributed by atoms with Crippen LogP contribution in [0.15, 0.2) is 97.3 Å². The summed E-state index contributed by atoms with van der Waals surface area (Å²) >= 11 is 0. The van der Waals surface area contributed by atoms with Crippen LogP contribution in [0.1, 0.15) is 74.6 Å². The van der Waals surface area contributed by atoms with Gasteiger partial charge in [-0.05, 0) is 76.5 Å². The number of carbonyl (C=O) groups is 2. The van der Waals surface area contributed by atoms with Crippen molar-refractivity contribution in [3.63, 3.8) is 0 Å². The summed E-state index contributed by atoms with van der Waals surface area (Å²) in [7, 11) is 0. The molecule has 7 heteroatoms. The highest BCUT2D eigenvalue weighted by atomic mass is 16.4. The van der Waals surface area contributed by atoms with E-state index in [4.69, 9.17) is 0 Å². The lowest BCUT2D eigenvalue weighted by molar-refractivity contribution is -0.436. The van der Waals surface area contributed by atoms with Crippen molar-refractivity contribution in [2.45, 2.75) is 77.0 Å². The van der Waals surface area contributed by atoms with Gasteiger partial charge in [0, 0.05) is 48.5 Å². The van der Waals surface area contributed by atoms with Gasteiger partial charge < -0.3 is 15.1 Å². The summed E-state index contributed by atoms with van der Waals surface area (Å²) in [6, 6.07) is 14.7. The minimum Gasteiger partial charge on any atom is -0.481 e. The maximum absolute atomic E-state index is 11.8. The third-order valence-electron chi connectivity index (χ3n) is 9.67. The fourth-order valence-corrected chi connectivity index (χ4v) is 7.37. The number of benzene rings is 2. The van der Waals surface area contributed by atoms with E-state index < -0.39 is 22.8 Å². The van der Waals surface area contributed by atoms with E-state index in [-0.39, 0.29) is 25.9 Å². The van der Waals surface area contributed by atoms with Crippen LogP contribution in [0, 0.1) is 48.9 Å². The first kappa shape index (κ1) is 38.0. The van der Waals surface area contributed by atoms with Crippen LogP contribution < -0.4 is 4.90 Å². The number of fused-ring (bicyclic) bond motifs is 2. The van der Waals surface area contributed by atoms with Crippen LogP contribution in [0.5, 0.6) is 0 Å². The summed E-state index contributed by atoms with van der Waals surface area (Å²) in [6.07, 6.45) is 13.1. The Hall–Kier alpha value is -5.84. The highest BCUT2D eigenvalue weighted by Gasteiger charge is 2.50. The number of nitriles is 1. The normalized spacial score (nSPS) is 19.9. The third kappa shape index (κ3) is 7.82. The van der Waals surface area contributed by atoms with E-state index in [2.05, 4.69) is 55.0 Å². The Morgan fingerprint density at radius 3 is 2.12 bits per heavy atom. The van der Waals surface area contributed by atoms with Gasteiger partial charge in [0.05, 0.1) is 23.5 Å². The van der Waals surface area contributed by atoms with E-state index in [1.54, 1.807) is 26.0 Å². The second-order valence-corrected chi connectivity index (χ2v) is 13.0. The first-order chi connectivity index (χ1) is 24.5. The molecule has 7 nitrogen and oxygen atoms in total. The van der Waals surface area contributed by atoms with Crippen molar-refractivity contribution in [3.8, 4) is 29.8 Å². The summed E-state index contributed by atoms with van der Waals surface area (Å²) in [5.41, 5.74) is 6.99. The van der Waals surface area contributed by atoms with Crippen LogP contribution in [0.3, 0.4) is 0 Å². The van der Waals surface area contributed by atoms with E-state index in [9.17, 15) is 25.1 Å². The van der Waals surface area contributed by atoms with Crippen molar-refractivity contribution in [2.75, 3.05) is 18.0 Å². The summed E-state index contributed by atoms with van der Waals surface area (Å²) in [5.74, 6) is 10.8. The maximum Gasteiger partial charge on any atom is 0.309 e. The van der Waals surface area contributed by atoms with Crippen molar-refractivity contribution >= 4 is 29.0 Å². The molecule has 2 aliphatic rings. The molecule has 2 aromatic carbocycles. The SMILES string of the molecule is C=CCC1(CC#CC)C(/C=C/C(C#N)=C/C=C2/N(CCC(=O)O)c3ccc(C)cc3C2(CC#CC)CC=C)=[N+](CCC(=O)O)c2ccc(C)cc21. The summed E-state index contributed by atoms with van der Waals surface area (Å²) in [6.45, 7) is 16.3. The zero-order valence-corrected chi connectivity index (χ0v) is 30.1. The molecule has 0 radical (unpaired) electrons. The topological polar surface area (TPSA) is 105 Å². The number of carboxylic acid groups (broad SMARTS) is 2. The van der Waals surface area contributed by atoms with E-state index in [1.807, 2.05) is 71.9 Å². The molecule has 0 amide bonds. The van der Waals surface area contributed by atoms with Crippen LogP contribution in [0.4, 0.5) is 11.4 Å². The monoisotopic (exact) mass is 680 g/mol. The van der Waals surface area contributed by atoms with Gasteiger partial charge in [-0.25, -0.2) is 0 Å². The predicted molar refractivity (Wildman–Crippen MR) is 204 cm³/mol. The quantitative estimate of drug-likeness (QED) is 0.0646. The average molecular weight is 681 g/mol. The molecule has 2 atom stereocenters. The minimum absolute atomic E-state index is 0.0699. The molecule has 0 saturated heterocycles. The summed E-state index contributed by atoms with van der Waals surface area (Å²) < 4.78 is 2.04. The van der Waals surface area contributed by atoms with Crippen LogP contribution >= 0.6 is 0 Å². The first-order valence-corrected chi connectivity index (χ1v) is 17.1. The number of nitrogens with zero attached hydrogens (tertiary/aromatic N) is 3. The maximum atomic E-state index is 11.8. The minimum atomic E-state index is -0.901. The molecule has 0 bridgehead atoms. The number of aliphatic carboxylic acids is 2. The number of carboxylic acids is 2. The molecule has 0 spiro atoms. The highest BCUT2D eigenvalue weighted by Crippen LogP contribution is 2.53. The van der Waals surface area contributed by atoms with Gasteiger partial charge >= 0.3 is 11.9 Å². The van der Waals surface area contributed by atoms with Crippen molar-refractivity contribution in [1.82, 2.24) is 0 Å². The van der Waals surface area contributed by atoms with Gasteiger partial charge in [0.2, 0.25) is 5.69 Å². The van der Waals surface area contributed by atoms with Crippen LogP contribution in [0.25, 0.3) is 0 Å². The number of hydrogen-bond acceptors (Lipinski definition) is 4. The van der Waals surface area contributed by atoms with Crippen molar-refractivity contribution in [1.29, 1.82) is 5.26 Å². The largest absolute Gasteiger partial charge is 0.481 e. The van der Waals surface area contributed by atoms with E-state index >= 15 is 0 Å². The Kier molecular flexibility index (Phi) is 12.4. The molecular weight excluding hydrogens is 635 g/mol. The van der Waals surface area contributed by atoms with Crippen molar-refractivity contribution in [3.05, 3.63) is 120 Å². The van der Waals surface area contributed by atoms with Crippen LogP contribution in [-0.4, -0.2) is 45.5 Å². The van der Waals surface area contributed by atoms with Gasteiger partial charge in [0.1, 0.15) is 11.8 Å². The number of allylic oxidation sites excluding steroid dienone is 8. The van der Waals surface area contributed by atoms with Gasteiger partial charge in [-0.2, -0.15) is 9.84 Å². The standard InChI is InChI=1S/C44H45N3O4/c1-7-11-25-43(23-9-3)35-29-32(5)13-17-37(35)46(27-21-41(48)49)39(43)19-15-34(31-45)16-20-40-44(24-10-4,26-12-8-2)36-30-33(6)14-18-38(36)47(40)28-22-42(50)51/h9-10,13-20,29-30H,3-4,21-28H2,1-2,5-6H3,(H-,48,49,50,51)/p+1. The Labute approximate surface area is 302 Å². The molecule has 2 unspecified atom stereocenters. The van der Waals surface area contributed by atoms with Gasteiger partial charge in [-0.3, -0.25) is 9.59 Å². The van der Waals surface area contributed by atoms with Gasteiger partial charge in [-0.1, -0.05) is 41.5 Å². The molecule has 0 aliphatic carbocycles. The molecule has 4 rings (SSSR count). The fourth-order valence-electron chi connectivity index (χ4n) is 7.37. The molecule has 2 aliphatic heterocycles. The Morgan fingerprint density at radius 1 is 0.902 bits per heavy atom. The number of aryl methyl sites for hydroxylation is 2. The second-order valence-electron chi connectivity index (χ2n) is 13.0. The smallest absolute Gasteiger partial charge is 0.309 e. The molecule has 51 heavy (non-hydrogen) atoms. The van der Waals surface area contributed by atoms with Crippen molar-refractivity contribution in [2.24, 2.45) is 0 Å². The average Bonchev–Trinajstić information content (AvgIpc) is 3.49. The van der Waals surface area contributed by atoms with Gasteiger partial charge in [0.25, 0.3) is 0 Å². The molecule has 2 N–H and O–H groups in total. The molecule has 0 fully saturated rings. The van der Waals surface area contributed by atoms with Gasteiger partial charge in [-0.15, -0.1) is 36.8 Å². The van der Waals surface area contributed by atoms with Gasteiger partial charge in [0.15, 0.2) is 12.3 Å². The van der Waals surface area contributed by atoms with Crippen molar-refractivity contribution < 1.29 is 24.4 Å². The molecule has 0 aromatic heterocycles. The Balaban J connectivity index is 1.94. The fraction of sp³-hybridized carbons (Fsp3) is 0.318. The highest BCUT2D eigenvalue weighted by molar-refractivity contribution is 6.04. The lowest BCUT2D eigenvalue weighted by atomic mass is 9.72. The third-order valence-corrected chi connectivity index (χ3v) is 9.67. The molecule has 2 aromatic rings. The molecule has 260 valence electrons. The molecular formula is C44H46N3O4+. The predicted octanol–water partition coefficient (Wildman–Crippen LogP) is 8.22. The van der Waals surface area contributed by atoms with E-state index in [1.165, 1.54) is 0 Å². The zero-order valence-electron chi connectivity index (χ0n) is 30.1. The number of rotatable bonds is 15. The number of hydrogen-bond donors (Lipinski definition) is 2. The van der Waals surface area contributed by atoms with Crippen LogP contribution in [-0.2, 0) is 20.4 Å². The lowest BCUT2D eigenvalue weighted by Gasteiger charge is -2.31. The number of anilines is 1. The Morgan fingerprint density at radius 2 is 1.51 bits per heavy atom. The second kappa shape index (κ2) is 16.7. The van der Waals surface area contributed by atoms with E-state index in [0.29, 0.717) is 31.3 Å². The molecule has 2 heterocycles. The summed E-state index contributed by atoms with van der Waals surface area (Å²) in [4.78, 5) is 25.6.